The van der Waals surface area contributed by atoms with Crippen molar-refractivity contribution in [2.75, 3.05) is 7.36 Å². The van der Waals surface area contributed by atoms with Gasteiger partial charge in [-0.15, -0.1) is 22.8 Å². The zero-order valence-electron chi connectivity index (χ0n) is 56.3. The van der Waals surface area contributed by atoms with E-state index in [1.165, 1.54) is 80.0 Å². The van der Waals surface area contributed by atoms with Crippen molar-refractivity contribution in [3.8, 4) is 80.1 Å². The Labute approximate surface area is 740 Å². The van der Waals surface area contributed by atoms with Gasteiger partial charge in [-0.3, -0.25) is 14.5 Å². The minimum Gasteiger partial charge on any atom is 0 e. The van der Waals surface area contributed by atoms with Crippen LogP contribution >= 0.6 is 219 Å². The molecule has 10 aromatic rings. The van der Waals surface area contributed by atoms with Gasteiger partial charge < -0.3 is 50.8 Å². The fourth-order valence-electron chi connectivity index (χ4n) is 6.75. The second kappa shape index (κ2) is 52.7. The Kier molecular flexibility index (Phi) is 51.3. The van der Waals surface area contributed by atoms with Crippen LogP contribution in [0.1, 0.15) is 97.9 Å². The number of aryl methyl sites for hydroxylation is 1. The SMILES string of the molecule is C=C(C)C.CC#CC.CC1(C)CC(c2ccc(-c3noc(C(F)(F)F)n3)cc2)=NS1.CI.Cc1snc(-c2ccc(-c3noc(C(F)(F)F)n3)cc2)c1C.ICI.NC(=O)c1ccc(-c2noc(C(F)(F)F)n2)cc1.O=C(Cl)SCl.O=c1oc(-c2ccc(-c3noc(C(F)(F)F)n3)cc2)ns1.[CH2-]I.[I][V]([I])[I].[V]. The summed E-state index contributed by atoms with van der Waals surface area (Å²) in [4.78, 5) is 49.8. The van der Waals surface area contributed by atoms with Crippen molar-refractivity contribution in [1.29, 1.82) is 0 Å². The molecular formula is C61H53Cl2F12I7N12O8S4V2-. The average molecular weight is 2500 g/mol. The van der Waals surface area contributed by atoms with Crippen LogP contribution in [0.4, 0.5) is 57.5 Å². The predicted molar refractivity (Wildman–Crippen MR) is 449 cm³/mol. The fraction of sp³-hybridized carbons (Fsp3) is 0.262. The zero-order chi connectivity index (χ0) is 81.8. The largest absolute Gasteiger partial charge is 0 e. The maximum Gasteiger partial charge on any atom is 0 e. The van der Waals surface area contributed by atoms with Crippen LogP contribution in [0.3, 0.4) is 0 Å². The van der Waals surface area contributed by atoms with E-state index >= 15 is 0 Å². The first-order valence-corrected chi connectivity index (χ1v) is 52.6. The average Bonchev–Trinajstić information content (AvgIpc) is 1.68. The van der Waals surface area contributed by atoms with Gasteiger partial charge >= 0.3 is 118 Å². The third-order valence-electron chi connectivity index (χ3n) is 11.2. The molecule has 0 saturated heterocycles. The van der Waals surface area contributed by atoms with Crippen LogP contribution in [0.2, 0.25) is 0 Å². The summed E-state index contributed by atoms with van der Waals surface area (Å²) in [6.07, 6.45) is -17.8. The summed E-state index contributed by atoms with van der Waals surface area (Å²) in [6.45, 7) is 19.3. The van der Waals surface area contributed by atoms with Crippen LogP contribution in [-0.4, -0.2) is 77.6 Å². The molecule has 6 aromatic heterocycles. The summed E-state index contributed by atoms with van der Waals surface area (Å²) < 4.78 is 183. The number of benzene rings is 4. The van der Waals surface area contributed by atoms with Crippen molar-refractivity contribution in [2.24, 2.45) is 10.1 Å². The molecule has 2 N–H and O–H groups in total. The van der Waals surface area contributed by atoms with Gasteiger partial charge in [0, 0.05) is 84.5 Å². The topological polar surface area (TPSA) is 284 Å². The molecule has 47 heteroatoms. The van der Waals surface area contributed by atoms with E-state index in [-0.39, 0.29) is 63.0 Å². The number of hydrogen-bond donors (Lipinski definition) is 1. The molecule has 0 saturated carbocycles. The number of hydrogen-bond acceptors (Lipinski definition) is 23. The van der Waals surface area contributed by atoms with E-state index < -0.39 is 63.7 Å². The van der Waals surface area contributed by atoms with E-state index in [2.05, 4.69) is 248 Å². The van der Waals surface area contributed by atoms with Gasteiger partial charge in [0.05, 0.1) is 25.4 Å². The van der Waals surface area contributed by atoms with Crippen LogP contribution in [0.5, 0.6) is 0 Å². The van der Waals surface area contributed by atoms with Gasteiger partial charge in [-0.05, 0) is 141 Å². The standard InChI is InChI=1S/C14H12F3N3OS.C14H10F3N3OS.C11H4F3N3O3S.C10H6F3N3O2.C4H8.C4H6.CCl2OS.CH2I2.CH3I.CH2I.3HI.2V/c1-13(2)7-10(20-22-13)8-3-5-9(6-4-8)11-18-12(21-19-11)14(15,16)17;1-7-8(2)22-20-11(7)9-3-5-10(6-4-9)12-18-13(21-19-12)14(15,16)17;12-11(13,14)9-15-7(16-20-9)5-1-3-6(4-2-5)8-17-21-10(18)19-8;11-10(12,13)9-15-8(16-18-9)6-3-1-5(2-4-6)7(14)17;1-4(2)3;1-3-4-2;2-1(4)5-3;2-1-3;2*1-2;;;;;/h3-6H,7H2,1-2H3;3-6H,1-2H3;1-4H;1-4H,(H2,14,17);1H2,2-3H3;1-2H3;;1H2;1H3;1H2;3*1H;;/q;;;;;;;;;-1;;;;;+3/p-3. The van der Waals surface area contributed by atoms with Crippen molar-refractivity contribution < 1.29 is 108 Å². The van der Waals surface area contributed by atoms with Crippen LogP contribution in [0.15, 0.2) is 141 Å². The van der Waals surface area contributed by atoms with Crippen molar-refractivity contribution in [3.63, 3.8) is 0 Å². The molecule has 0 atom stereocenters. The molecule has 0 aliphatic carbocycles. The molecular weight excluding hydrogens is 2450 g/mol. The fourth-order valence-corrected chi connectivity index (χ4v) is 8.60. The Morgan fingerprint density at radius 1 is 0.611 bits per heavy atom. The van der Waals surface area contributed by atoms with Crippen molar-refractivity contribution in [3.05, 3.63) is 169 Å². The molecule has 4 aromatic carbocycles. The number of alkyl halides is 15. The van der Waals surface area contributed by atoms with Gasteiger partial charge in [-0.25, -0.2) is 9.19 Å². The number of halogens is 21. The van der Waals surface area contributed by atoms with Gasteiger partial charge in [0.25, 0.3) is 4.57 Å². The Morgan fingerprint density at radius 3 is 1.12 bits per heavy atom. The van der Waals surface area contributed by atoms with E-state index in [4.69, 9.17) is 20.8 Å². The number of nitrogens with zero attached hydrogens (tertiary/aromatic N) is 11. The maximum atomic E-state index is 12.4. The van der Waals surface area contributed by atoms with Crippen LogP contribution in [-0.2, 0) is 48.2 Å². The van der Waals surface area contributed by atoms with Crippen LogP contribution < -0.4 is 10.7 Å². The number of primary amides is 1. The second-order valence-corrected chi connectivity index (χ2v) is 64.3. The first-order valence-electron chi connectivity index (χ1n) is 28.0. The monoisotopic (exact) mass is 2500 g/mol. The van der Waals surface area contributed by atoms with E-state index in [0.29, 0.717) is 50.3 Å². The van der Waals surface area contributed by atoms with Crippen LogP contribution in [0, 0.1) is 30.6 Å². The molecule has 11 rings (SSSR count). The summed E-state index contributed by atoms with van der Waals surface area (Å²) in [6, 6.07) is 25.3. The first-order chi connectivity index (χ1) is 50.0. The molecule has 0 fully saturated rings. The van der Waals surface area contributed by atoms with Crippen molar-refractivity contribution >= 4 is 235 Å². The Bertz CT molecular complexity index is 4480. The quantitative estimate of drug-likeness (QED) is 0.0216. The van der Waals surface area contributed by atoms with E-state index in [0.717, 1.165) is 39.4 Å². The first kappa shape index (κ1) is 105. The van der Waals surface area contributed by atoms with E-state index in [1.54, 1.807) is 48.5 Å². The van der Waals surface area contributed by atoms with Gasteiger partial charge in [-0.2, -0.15) is 77.0 Å². The van der Waals surface area contributed by atoms with E-state index in [1.807, 2.05) is 69.1 Å². The number of amides is 1. The molecule has 7 heterocycles. The number of rotatable bonds is 8. The number of aromatic nitrogens is 10. The van der Waals surface area contributed by atoms with Gasteiger partial charge in [0.1, 0.15) is 0 Å². The Morgan fingerprint density at radius 2 is 0.898 bits per heavy atom. The Balaban J connectivity index is 0.00000128. The van der Waals surface area contributed by atoms with Crippen molar-refractivity contribution in [1.82, 2.24) is 49.3 Å². The van der Waals surface area contributed by atoms with Crippen molar-refractivity contribution in [2.45, 2.75) is 91.3 Å². The number of carbonyl (C=O) groups is 2. The summed E-state index contributed by atoms with van der Waals surface area (Å²) in [5.41, 5.74) is 13.3. The molecule has 1 aliphatic heterocycles. The third kappa shape index (κ3) is 39.5. The molecule has 20 nitrogen and oxygen atoms in total. The van der Waals surface area contributed by atoms with E-state index in [9.17, 15) is 67.1 Å². The molecule has 587 valence electrons. The molecule has 1 amide bonds. The van der Waals surface area contributed by atoms with Crippen LogP contribution in [0.25, 0.3) is 68.3 Å². The number of allylic oxidation sites excluding steroid dienone is 1. The van der Waals surface area contributed by atoms with Gasteiger partial charge in [0.2, 0.25) is 35.1 Å². The summed E-state index contributed by atoms with van der Waals surface area (Å²) in [5, 5.41) is 13.2. The maximum absolute atomic E-state index is 12.4. The normalized spacial score (nSPS) is 11.5. The zero-order valence-corrected chi connectivity index (χ0v) is 79.0. The minimum atomic E-state index is -4.69. The molecule has 0 spiro atoms. The Hall–Kier alpha value is -2.74. The summed E-state index contributed by atoms with van der Waals surface area (Å²) in [5.74, 6) is -1.23. The number of nitrogens with two attached hydrogens (primary N) is 1. The molecule has 0 unspecified atom stereocenters. The molecule has 1 radical (unpaired) electrons. The predicted octanol–water partition coefficient (Wildman–Crippen LogP) is 25.1. The summed E-state index contributed by atoms with van der Waals surface area (Å²) >= 11 is 24.3. The molecule has 0 bridgehead atoms. The minimum absolute atomic E-state index is 0. The number of carbonyl (C=O) groups excluding carboxylic acids is 2. The third-order valence-corrected chi connectivity index (χ3v) is 14.5. The van der Waals surface area contributed by atoms with Gasteiger partial charge in [-0.1, -0.05) is 167 Å². The van der Waals surface area contributed by atoms with Gasteiger partial charge in [0.15, 0.2) is 0 Å². The molecule has 1 aliphatic rings. The summed E-state index contributed by atoms with van der Waals surface area (Å²) in [7, 11) is 5.25. The smallest absolute Gasteiger partial charge is 0 e. The molecule has 108 heavy (non-hydrogen) atoms. The second-order valence-electron chi connectivity index (χ2n) is 19.8.